The van der Waals surface area contributed by atoms with Crippen LogP contribution in [0.5, 0.6) is 0 Å². The predicted octanol–water partition coefficient (Wildman–Crippen LogP) is 6.47. The molecule has 0 heterocycles. The smallest absolute Gasteiger partial charge is 0.167 e. The van der Waals surface area contributed by atoms with E-state index in [1.54, 1.807) is 18.2 Å². The molecule has 0 N–H and O–H groups in total. The molecule has 0 amide bonds. The van der Waals surface area contributed by atoms with E-state index >= 15 is 0 Å². The molecule has 0 aromatic heterocycles. The molecule has 0 aliphatic rings. The normalized spacial score (nSPS) is 11.3. The minimum atomic E-state index is 0.0257. The van der Waals surface area contributed by atoms with Crippen molar-refractivity contribution in [3.8, 4) is 0 Å². The largest absolute Gasteiger partial charge is 0.294 e. The highest BCUT2D eigenvalue weighted by atomic mass is 35.5. The second-order valence-corrected chi connectivity index (χ2v) is 7.20. The van der Waals surface area contributed by atoms with E-state index in [2.05, 4.69) is 33.8 Å². The highest BCUT2D eigenvalue weighted by Gasteiger charge is 2.16. The third-order valence-electron chi connectivity index (χ3n) is 3.88. The standard InChI is InChI=1S/C20H21Cl2O/c1-12(2)14-8-15(13(3)4)10-16(9-14)20(23)11-17-18(21)6-5-7-19(17)22/h5-7,9-10,12-13H,11H2,1-4H3. The Morgan fingerprint density at radius 2 is 1.48 bits per heavy atom. The van der Waals surface area contributed by atoms with Gasteiger partial charge >= 0.3 is 0 Å². The van der Waals surface area contributed by atoms with Gasteiger partial charge in [-0.05, 0) is 58.9 Å². The van der Waals surface area contributed by atoms with Crippen molar-refractivity contribution in [3.05, 3.63) is 68.7 Å². The zero-order chi connectivity index (χ0) is 17.1. The van der Waals surface area contributed by atoms with E-state index in [1.807, 2.05) is 12.1 Å². The van der Waals surface area contributed by atoms with Crippen molar-refractivity contribution in [2.24, 2.45) is 0 Å². The van der Waals surface area contributed by atoms with Crippen LogP contribution in [-0.4, -0.2) is 5.78 Å². The molecule has 0 saturated carbocycles. The van der Waals surface area contributed by atoms with Gasteiger partial charge in [-0.2, -0.15) is 0 Å². The average Bonchev–Trinajstić information content (AvgIpc) is 2.50. The van der Waals surface area contributed by atoms with Gasteiger partial charge in [-0.1, -0.05) is 57.0 Å². The summed E-state index contributed by atoms with van der Waals surface area (Å²) in [5.74, 6) is 0.672. The topological polar surface area (TPSA) is 17.1 Å². The third-order valence-corrected chi connectivity index (χ3v) is 4.58. The van der Waals surface area contributed by atoms with Gasteiger partial charge in [-0.3, -0.25) is 4.79 Å². The molecule has 0 aliphatic carbocycles. The van der Waals surface area contributed by atoms with Crippen LogP contribution in [0.4, 0.5) is 0 Å². The lowest BCUT2D eigenvalue weighted by molar-refractivity contribution is 0.0993. The van der Waals surface area contributed by atoms with Crippen molar-refractivity contribution < 1.29 is 4.79 Å². The van der Waals surface area contributed by atoms with Gasteiger partial charge in [0.1, 0.15) is 0 Å². The molecular formula is C20H21Cl2O. The highest BCUT2D eigenvalue weighted by Crippen LogP contribution is 2.27. The van der Waals surface area contributed by atoms with Crippen molar-refractivity contribution in [3.63, 3.8) is 0 Å². The SMILES string of the molecule is CC(C)c1[c]c(C(C)C)cc(C(=O)Cc2c(Cl)cccc2Cl)c1. The fourth-order valence-corrected chi connectivity index (χ4v) is 2.89. The molecule has 23 heavy (non-hydrogen) atoms. The quantitative estimate of drug-likeness (QED) is 0.566. The highest BCUT2D eigenvalue weighted by molar-refractivity contribution is 6.36. The Bertz CT molecular complexity index is 671. The van der Waals surface area contributed by atoms with Crippen molar-refractivity contribution in [2.45, 2.75) is 46.0 Å². The number of benzene rings is 2. The Morgan fingerprint density at radius 3 is 1.91 bits per heavy atom. The van der Waals surface area contributed by atoms with Crippen molar-refractivity contribution in [2.75, 3.05) is 0 Å². The van der Waals surface area contributed by atoms with E-state index in [1.165, 1.54) is 0 Å². The fraction of sp³-hybridized carbons (Fsp3) is 0.350. The summed E-state index contributed by atoms with van der Waals surface area (Å²) < 4.78 is 0. The Kier molecular flexibility index (Phi) is 5.89. The van der Waals surface area contributed by atoms with E-state index in [0.717, 1.165) is 11.1 Å². The Labute approximate surface area is 148 Å². The Hall–Kier alpha value is -1.31. The molecule has 121 valence electrons. The van der Waals surface area contributed by atoms with E-state index in [0.29, 0.717) is 33.0 Å². The maximum Gasteiger partial charge on any atom is 0.167 e. The molecule has 2 aromatic rings. The first-order valence-corrected chi connectivity index (χ1v) is 8.58. The fourth-order valence-electron chi connectivity index (χ4n) is 2.36. The van der Waals surface area contributed by atoms with E-state index in [-0.39, 0.29) is 12.2 Å². The number of ketones is 1. The van der Waals surface area contributed by atoms with Crippen LogP contribution in [0, 0.1) is 6.07 Å². The first kappa shape index (κ1) is 18.0. The summed E-state index contributed by atoms with van der Waals surface area (Å²) in [6, 6.07) is 12.6. The van der Waals surface area contributed by atoms with Crippen LogP contribution in [0.1, 0.15) is 66.6 Å². The number of carbonyl (C=O) groups is 1. The van der Waals surface area contributed by atoms with Gasteiger partial charge < -0.3 is 0 Å². The van der Waals surface area contributed by atoms with E-state index < -0.39 is 0 Å². The number of halogens is 2. The molecule has 0 saturated heterocycles. The van der Waals surface area contributed by atoms with Crippen LogP contribution in [0.15, 0.2) is 30.3 Å². The Morgan fingerprint density at radius 1 is 1.00 bits per heavy atom. The van der Waals surface area contributed by atoms with Crippen LogP contribution < -0.4 is 0 Å². The third kappa shape index (κ3) is 4.37. The summed E-state index contributed by atoms with van der Waals surface area (Å²) in [4.78, 5) is 12.7. The van der Waals surface area contributed by atoms with Crippen LogP contribution >= 0.6 is 23.2 Å². The molecule has 1 radical (unpaired) electrons. The molecule has 0 unspecified atom stereocenters. The summed E-state index contributed by atoms with van der Waals surface area (Å²) in [7, 11) is 0. The number of hydrogen-bond acceptors (Lipinski definition) is 1. The molecule has 3 heteroatoms. The zero-order valence-corrected chi connectivity index (χ0v) is 15.4. The number of Topliss-reactive ketones (excluding diaryl/α,β-unsaturated/α-hetero) is 1. The number of hydrogen-bond donors (Lipinski definition) is 0. The number of rotatable bonds is 5. The molecular weight excluding hydrogens is 327 g/mol. The maximum absolute atomic E-state index is 12.7. The second kappa shape index (κ2) is 7.51. The second-order valence-electron chi connectivity index (χ2n) is 6.39. The minimum Gasteiger partial charge on any atom is -0.294 e. The van der Waals surface area contributed by atoms with E-state index in [9.17, 15) is 4.79 Å². The molecule has 0 spiro atoms. The van der Waals surface area contributed by atoms with Gasteiger partial charge in [0.15, 0.2) is 5.78 Å². The lowest BCUT2D eigenvalue weighted by atomic mass is 9.91. The van der Waals surface area contributed by atoms with Gasteiger partial charge in [0.2, 0.25) is 0 Å². The van der Waals surface area contributed by atoms with Gasteiger partial charge in [0.25, 0.3) is 0 Å². The van der Waals surface area contributed by atoms with Gasteiger partial charge in [0, 0.05) is 22.0 Å². The lowest BCUT2D eigenvalue weighted by Gasteiger charge is -2.14. The predicted molar refractivity (Wildman–Crippen MR) is 98.0 cm³/mol. The van der Waals surface area contributed by atoms with Gasteiger partial charge in [-0.15, -0.1) is 0 Å². The molecule has 0 atom stereocenters. The molecule has 2 rings (SSSR count). The van der Waals surface area contributed by atoms with Crippen molar-refractivity contribution in [1.82, 2.24) is 0 Å². The summed E-state index contributed by atoms with van der Waals surface area (Å²) in [6.45, 7) is 8.43. The van der Waals surface area contributed by atoms with Crippen LogP contribution in [-0.2, 0) is 6.42 Å². The van der Waals surface area contributed by atoms with Crippen LogP contribution in [0.3, 0.4) is 0 Å². The summed E-state index contributed by atoms with van der Waals surface area (Å²) in [5, 5.41) is 1.06. The summed E-state index contributed by atoms with van der Waals surface area (Å²) in [6.07, 6.45) is 0.206. The molecule has 1 nitrogen and oxygen atoms in total. The Balaban J connectivity index is 2.39. The lowest BCUT2D eigenvalue weighted by Crippen LogP contribution is -2.07. The first-order chi connectivity index (χ1) is 10.8. The molecule has 0 bridgehead atoms. The summed E-state index contributed by atoms with van der Waals surface area (Å²) >= 11 is 12.4. The van der Waals surface area contributed by atoms with Crippen molar-refractivity contribution in [1.29, 1.82) is 0 Å². The van der Waals surface area contributed by atoms with Crippen LogP contribution in [0.2, 0.25) is 10.0 Å². The monoisotopic (exact) mass is 347 g/mol. The average molecular weight is 348 g/mol. The van der Waals surface area contributed by atoms with E-state index in [4.69, 9.17) is 23.2 Å². The molecule has 0 aliphatic heterocycles. The van der Waals surface area contributed by atoms with Gasteiger partial charge in [0.05, 0.1) is 0 Å². The summed E-state index contributed by atoms with van der Waals surface area (Å²) in [5.41, 5.74) is 3.51. The van der Waals surface area contributed by atoms with Crippen LogP contribution in [0.25, 0.3) is 0 Å². The number of carbonyl (C=O) groups excluding carboxylic acids is 1. The maximum atomic E-state index is 12.7. The minimum absolute atomic E-state index is 0.0257. The molecule has 0 fully saturated rings. The molecule has 2 aromatic carbocycles. The zero-order valence-electron chi connectivity index (χ0n) is 13.9. The van der Waals surface area contributed by atoms with Gasteiger partial charge in [-0.25, -0.2) is 0 Å². The van der Waals surface area contributed by atoms with Crippen molar-refractivity contribution >= 4 is 29.0 Å². The first-order valence-electron chi connectivity index (χ1n) is 7.82.